The molecular weight excluding hydrogens is 298 g/mol. The summed E-state index contributed by atoms with van der Waals surface area (Å²) in [5, 5.41) is 6.41. The van der Waals surface area contributed by atoms with Gasteiger partial charge in [-0.1, -0.05) is 35.9 Å². The van der Waals surface area contributed by atoms with Crippen LogP contribution in [0.5, 0.6) is 0 Å². The summed E-state index contributed by atoms with van der Waals surface area (Å²) in [6.45, 7) is 2.19. The van der Waals surface area contributed by atoms with E-state index in [1.165, 1.54) is 5.01 Å². The average Bonchev–Trinajstić information content (AvgIpc) is 2.78. The van der Waals surface area contributed by atoms with Gasteiger partial charge >= 0.3 is 0 Å². The minimum atomic E-state index is -0.124. The van der Waals surface area contributed by atoms with Gasteiger partial charge < -0.3 is 0 Å². The van der Waals surface area contributed by atoms with E-state index in [1.807, 2.05) is 37.3 Å². The predicted octanol–water partition coefficient (Wildman–Crippen LogP) is 3.54. The van der Waals surface area contributed by atoms with Crippen LogP contribution >= 0.6 is 11.6 Å². The normalized spacial score (nSPS) is 16.3. The van der Waals surface area contributed by atoms with E-state index in [9.17, 15) is 4.79 Å². The van der Waals surface area contributed by atoms with Crippen molar-refractivity contribution in [3.8, 4) is 0 Å². The molecule has 0 atom stereocenters. The van der Waals surface area contributed by atoms with Gasteiger partial charge in [0, 0.05) is 17.4 Å². The molecule has 0 spiro atoms. The van der Waals surface area contributed by atoms with Crippen LogP contribution in [0.25, 0.3) is 6.08 Å². The molecule has 0 unspecified atom stereocenters. The van der Waals surface area contributed by atoms with Crippen LogP contribution in [-0.4, -0.2) is 21.6 Å². The second kappa shape index (κ2) is 6.12. The maximum Gasteiger partial charge on any atom is 0.276 e. The summed E-state index contributed by atoms with van der Waals surface area (Å²) in [7, 11) is 0. The fourth-order valence-electron chi connectivity index (χ4n) is 2.26. The Kier molecular flexibility index (Phi) is 4.02. The fourth-order valence-corrected chi connectivity index (χ4v) is 2.46. The monoisotopic (exact) mass is 311 g/mol. The molecule has 1 aromatic heterocycles. The van der Waals surface area contributed by atoms with E-state index >= 15 is 0 Å². The second-order valence-corrected chi connectivity index (χ2v) is 5.39. The Morgan fingerprint density at radius 3 is 2.77 bits per heavy atom. The van der Waals surface area contributed by atoms with Gasteiger partial charge in [-0.25, -0.2) is 5.01 Å². The van der Waals surface area contributed by atoms with Gasteiger partial charge in [0.1, 0.15) is 0 Å². The molecule has 2 heterocycles. The number of rotatable bonds is 3. The lowest BCUT2D eigenvalue weighted by Gasteiger charge is -2.12. The van der Waals surface area contributed by atoms with E-state index in [0.717, 1.165) is 11.1 Å². The van der Waals surface area contributed by atoms with E-state index in [1.54, 1.807) is 24.5 Å². The molecule has 0 saturated heterocycles. The molecule has 1 amide bonds. The highest BCUT2D eigenvalue weighted by Crippen LogP contribution is 2.23. The lowest BCUT2D eigenvalue weighted by molar-refractivity contribution is -0.126. The lowest BCUT2D eigenvalue weighted by atomic mass is 10.1. The Bertz CT molecular complexity index is 768. The first kappa shape index (κ1) is 14.5. The smallest absolute Gasteiger partial charge is 0.267 e. The number of halogens is 1. The van der Waals surface area contributed by atoms with Crippen molar-refractivity contribution >= 4 is 29.3 Å². The van der Waals surface area contributed by atoms with E-state index < -0.39 is 0 Å². The van der Waals surface area contributed by atoms with Crippen LogP contribution in [-0.2, 0) is 11.3 Å². The van der Waals surface area contributed by atoms with Crippen LogP contribution < -0.4 is 0 Å². The topological polar surface area (TPSA) is 45.6 Å². The maximum absolute atomic E-state index is 12.5. The quantitative estimate of drug-likeness (QED) is 0.814. The molecule has 3 rings (SSSR count). The van der Waals surface area contributed by atoms with Crippen LogP contribution in [0, 0.1) is 0 Å². The first-order valence-corrected chi connectivity index (χ1v) is 7.25. The third kappa shape index (κ3) is 2.92. The second-order valence-electron chi connectivity index (χ2n) is 4.98. The molecular formula is C17H14ClN3O. The predicted molar refractivity (Wildman–Crippen MR) is 87.3 cm³/mol. The molecule has 5 heteroatoms. The molecule has 22 heavy (non-hydrogen) atoms. The number of hydrogen-bond acceptors (Lipinski definition) is 3. The lowest BCUT2D eigenvalue weighted by Crippen LogP contribution is -2.21. The molecule has 0 saturated carbocycles. The average molecular weight is 312 g/mol. The van der Waals surface area contributed by atoms with Crippen molar-refractivity contribution in [3.63, 3.8) is 0 Å². The highest BCUT2D eigenvalue weighted by molar-refractivity contribution is 6.31. The first-order chi connectivity index (χ1) is 10.6. The number of hydrazone groups is 1. The summed E-state index contributed by atoms with van der Waals surface area (Å²) < 4.78 is 0. The standard InChI is InChI=1S/C17H14ClN3O/c1-12-15(9-13-5-4-8-19-10-13)17(22)21(20-12)11-14-6-2-3-7-16(14)18/h2-10H,11H2,1H3/b15-9-. The van der Waals surface area contributed by atoms with Crippen molar-refractivity contribution in [2.75, 3.05) is 0 Å². The summed E-state index contributed by atoms with van der Waals surface area (Å²) in [6.07, 6.45) is 5.22. The molecule has 4 nitrogen and oxygen atoms in total. The zero-order chi connectivity index (χ0) is 15.5. The highest BCUT2D eigenvalue weighted by Gasteiger charge is 2.27. The van der Waals surface area contributed by atoms with E-state index in [0.29, 0.717) is 22.9 Å². The Morgan fingerprint density at radius 2 is 2.05 bits per heavy atom. The van der Waals surface area contributed by atoms with Crippen molar-refractivity contribution in [3.05, 3.63) is 70.5 Å². The number of aromatic nitrogens is 1. The number of carbonyl (C=O) groups is 1. The van der Waals surface area contributed by atoms with E-state index in [4.69, 9.17) is 11.6 Å². The van der Waals surface area contributed by atoms with Gasteiger partial charge in [0.25, 0.3) is 5.91 Å². The van der Waals surface area contributed by atoms with Gasteiger partial charge in [0.05, 0.1) is 17.8 Å². The largest absolute Gasteiger partial charge is 0.276 e. The molecule has 0 radical (unpaired) electrons. The number of nitrogens with zero attached hydrogens (tertiary/aromatic N) is 3. The third-order valence-electron chi connectivity index (χ3n) is 3.40. The first-order valence-electron chi connectivity index (χ1n) is 6.88. The minimum Gasteiger partial charge on any atom is -0.267 e. The summed E-state index contributed by atoms with van der Waals surface area (Å²) in [6, 6.07) is 11.2. The summed E-state index contributed by atoms with van der Waals surface area (Å²) in [5.41, 5.74) is 3.03. The number of carbonyl (C=O) groups excluding carboxylic acids is 1. The number of hydrogen-bond donors (Lipinski definition) is 0. The summed E-state index contributed by atoms with van der Waals surface area (Å²) in [5.74, 6) is -0.124. The molecule has 0 aliphatic carbocycles. The van der Waals surface area contributed by atoms with Crippen LogP contribution in [0.2, 0.25) is 5.02 Å². The van der Waals surface area contributed by atoms with Gasteiger partial charge in [0.15, 0.2) is 0 Å². The van der Waals surface area contributed by atoms with Gasteiger partial charge in [0.2, 0.25) is 0 Å². The zero-order valence-corrected chi connectivity index (χ0v) is 12.8. The minimum absolute atomic E-state index is 0.124. The van der Waals surface area contributed by atoms with Crippen LogP contribution in [0.1, 0.15) is 18.1 Å². The van der Waals surface area contributed by atoms with Gasteiger partial charge in [-0.3, -0.25) is 9.78 Å². The SMILES string of the molecule is CC1=NN(Cc2ccccc2Cl)C(=O)/C1=C\c1cccnc1. The maximum atomic E-state index is 12.5. The van der Waals surface area contributed by atoms with Crippen molar-refractivity contribution < 1.29 is 4.79 Å². The number of benzene rings is 1. The molecule has 2 aromatic rings. The Balaban J connectivity index is 1.85. The Morgan fingerprint density at radius 1 is 1.23 bits per heavy atom. The van der Waals surface area contributed by atoms with Gasteiger partial charge in [-0.05, 0) is 36.3 Å². The van der Waals surface area contributed by atoms with E-state index in [-0.39, 0.29) is 5.91 Å². The van der Waals surface area contributed by atoms with E-state index in [2.05, 4.69) is 10.1 Å². The molecule has 1 aromatic carbocycles. The third-order valence-corrected chi connectivity index (χ3v) is 3.77. The van der Waals surface area contributed by atoms with Crippen molar-refractivity contribution in [1.82, 2.24) is 9.99 Å². The van der Waals surface area contributed by atoms with Gasteiger partial charge in [-0.15, -0.1) is 0 Å². The van der Waals surface area contributed by atoms with Crippen LogP contribution in [0.4, 0.5) is 0 Å². The molecule has 1 aliphatic rings. The zero-order valence-electron chi connectivity index (χ0n) is 12.0. The molecule has 110 valence electrons. The van der Waals surface area contributed by atoms with Gasteiger partial charge in [-0.2, -0.15) is 5.10 Å². The van der Waals surface area contributed by atoms with Crippen molar-refractivity contribution in [2.45, 2.75) is 13.5 Å². The van der Waals surface area contributed by atoms with Crippen LogP contribution in [0.3, 0.4) is 0 Å². The fraction of sp³-hybridized carbons (Fsp3) is 0.118. The molecule has 0 fully saturated rings. The van der Waals surface area contributed by atoms with Crippen molar-refractivity contribution in [2.24, 2.45) is 5.10 Å². The Hall–Kier alpha value is -2.46. The highest BCUT2D eigenvalue weighted by atomic mass is 35.5. The number of pyridine rings is 1. The molecule has 0 bridgehead atoms. The van der Waals surface area contributed by atoms with Crippen LogP contribution in [0.15, 0.2) is 59.5 Å². The summed E-state index contributed by atoms with van der Waals surface area (Å²) in [4.78, 5) is 16.6. The number of amides is 1. The molecule has 0 N–H and O–H groups in total. The Labute approximate surface area is 133 Å². The van der Waals surface area contributed by atoms with Crippen molar-refractivity contribution in [1.29, 1.82) is 0 Å². The molecule has 1 aliphatic heterocycles. The summed E-state index contributed by atoms with van der Waals surface area (Å²) >= 11 is 6.14.